The lowest BCUT2D eigenvalue weighted by Crippen LogP contribution is -2.32. The lowest BCUT2D eigenvalue weighted by Gasteiger charge is -2.23. The van der Waals surface area contributed by atoms with Gasteiger partial charge >= 0.3 is 0 Å². The van der Waals surface area contributed by atoms with Crippen molar-refractivity contribution in [3.63, 3.8) is 0 Å². The first-order valence-electron chi connectivity index (χ1n) is 8.81. The summed E-state index contributed by atoms with van der Waals surface area (Å²) in [5.74, 6) is 0.749. The predicted octanol–water partition coefficient (Wildman–Crippen LogP) is 2.18. The molecule has 0 unspecified atom stereocenters. The maximum atomic E-state index is 12.4. The van der Waals surface area contributed by atoms with Gasteiger partial charge in [-0.3, -0.25) is 4.98 Å². The average molecular weight is 386 g/mol. The topological polar surface area (TPSA) is 77.3 Å². The molecule has 4 rings (SSSR count). The summed E-state index contributed by atoms with van der Waals surface area (Å²) < 4.78 is 33.7. The largest absolute Gasteiger partial charge is 0.379 e. The van der Waals surface area contributed by atoms with E-state index >= 15 is 0 Å². The van der Waals surface area contributed by atoms with Crippen LogP contribution in [0, 0.1) is 5.92 Å². The smallest absolute Gasteiger partial charge is 0.214 e. The van der Waals surface area contributed by atoms with Crippen molar-refractivity contribution >= 4 is 20.8 Å². The van der Waals surface area contributed by atoms with Gasteiger partial charge in [-0.2, -0.15) is 0 Å². The van der Waals surface area contributed by atoms with E-state index in [0.717, 1.165) is 22.2 Å². The highest BCUT2D eigenvalue weighted by Crippen LogP contribution is 2.34. The van der Waals surface area contributed by atoms with Crippen molar-refractivity contribution in [3.8, 4) is 11.4 Å². The first-order valence-corrected chi connectivity index (χ1v) is 10.4. The first kappa shape index (κ1) is 18.1. The molecule has 3 aromatic rings. The third-order valence-electron chi connectivity index (χ3n) is 5.09. The molecule has 0 bridgehead atoms. The van der Waals surface area contributed by atoms with Crippen molar-refractivity contribution in [1.82, 2.24) is 18.8 Å². The fourth-order valence-corrected chi connectivity index (χ4v) is 4.74. The minimum absolute atomic E-state index is 0.0573. The van der Waals surface area contributed by atoms with Gasteiger partial charge in [0.05, 0.1) is 25.0 Å². The second kappa shape index (κ2) is 7.03. The van der Waals surface area contributed by atoms with Gasteiger partial charge < -0.3 is 9.30 Å². The number of nitrogens with zero attached hydrogens (tertiary/aromatic N) is 4. The van der Waals surface area contributed by atoms with Crippen LogP contribution < -0.4 is 0 Å². The fraction of sp³-hybridized carbons (Fsp3) is 0.368. The molecule has 7 nitrogen and oxygen atoms in total. The summed E-state index contributed by atoms with van der Waals surface area (Å²) in [5.41, 5.74) is 1.00. The molecule has 27 heavy (non-hydrogen) atoms. The zero-order valence-electron chi connectivity index (χ0n) is 15.3. The van der Waals surface area contributed by atoms with Crippen molar-refractivity contribution in [3.05, 3.63) is 49.1 Å². The van der Waals surface area contributed by atoms with Crippen LogP contribution in [-0.4, -0.2) is 60.3 Å². The molecule has 1 fully saturated rings. The highest BCUT2D eigenvalue weighted by atomic mass is 32.2. The minimum Gasteiger partial charge on any atom is -0.379 e. The Hall–Kier alpha value is -2.29. The van der Waals surface area contributed by atoms with Crippen molar-refractivity contribution in [2.45, 2.75) is 6.04 Å². The molecule has 0 spiro atoms. The highest BCUT2D eigenvalue weighted by Gasteiger charge is 2.35. The van der Waals surface area contributed by atoms with Gasteiger partial charge in [0.25, 0.3) is 0 Å². The monoisotopic (exact) mass is 386 g/mol. The van der Waals surface area contributed by atoms with E-state index in [-0.39, 0.29) is 17.7 Å². The molecule has 8 heteroatoms. The summed E-state index contributed by atoms with van der Waals surface area (Å²) in [6, 6.07) is 7.93. The van der Waals surface area contributed by atoms with Gasteiger partial charge in [0.1, 0.15) is 5.82 Å². The maximum absolute atomic E-state index is 12.4. The van der Waals surface area contributed by atoms with E-state index < -0.39 is 10.0 Å². The van der Waals surface area contributed by atoms with Gasteiger partial charge in [0, 0.05) is 55.8 Å². The number of pyridine rings is 1. The van der Waals surface area contributed by atoms with Crippen molar-refractivity contribution in [2.75, 3.05) is 33.1 Å². The minimum atomic E-state index is -3.31. The van der Waals surface area contributed by atoms with Crippen LogP contribution in [0.4, 0.5) is 0 Å². The van der Waals surface area contributed by atoms with Crippen molar-refractivity contribution < 1.29 is 13.2 Å². The summed E-state index contributed by atoms with van der Waals surface area (Å²) in [7, 11) is -0.182. The van der Waals surface area contributed by atoms with Crippen LogP contribution in [0.3, 0.4) is 0 Å². The van der Waals surface area contributed by atoms with Gasteiger partial charge in [-0.25, -0.2) is 17.7 Å². The van der Waals surface area contributed by atoms with Crippen LogP contribution in [0.15, 0.2) is 49.1 Å². The van der Waals surface area contributed by atoms with Crippen LogP contribution in [0.5, 0.6) is 0 Å². The van der Waals surface area contributed by atoms with E-state index in [1.165, 1.54) is 4.31 Å². The molecule has 0 aliphatic carbocycles. The number of sulfonamides is 1. The Morgan fingerprint density at radius 1 is 1.22 bits per heavy atom. The Labute approximate surface area is 158 Å². The lowest BCUT2D eigenvalue weighted by atomic mass is 10.0. The summed E-state index contributed by atoms with van der Waals surface area (Å²) in [5, 5.41) is 2.11. The Morgan fingerprint density at radius 2 is 2.07 bits per heavy atom. The molecule has 142 valence electrons. The van der Waals surface area contributed by atoms with Crippen molar-refractivity contribution in [2.24, 2.45) is 5.92 Å². The van der Waals surface area contributed by atoms with E-state index in [9.17, 15) is 8.42 Å². The molecule has 0 radical (unpaired) electrons. The van der Waals surface area contributed by atoms with Gasteiger partial charge in [-0.15, -0.1) is 0 Å². The normalized spacial score (nSPS) is 20.6. The molecular formula is C19H22N4O3S. The number of benzene rings is 1. The van der Waals surface area contributed by atoms with Crippen LogP contribution in [-0.2, 0) is 14.8 Å². The van der Waals surface area contributed by atoms with Crippen LogP contribution in [0.2, 0.25) is 0 Å². The number of ether oxygens (including phenoxy) is 1. The third kappa shape index (κ3) is 3.36. The zero-order chi connectivity index (χ0) is 19.0. The fourth-order valence-electron chi connectivity index (χ4n) is 3.58. The molecule has 1 aliphatic rings. The molecule has 1 aromatic carbocycles. The summed E-state index contributed by atoms with van der Waals surface area (Å²) in [6.45, 7) is 0.901. The maximum Gasteiger partial charge on any atom is 0.214 e. The molecule has 0 amide bonds. The number of rotatable bonds is 5. The average Bonchev–Trinajstić information content (AvgIpc) is 3.29. The molecule has 3 heterocycles. The quantitative estimate of drug-likeness (QED) is 0.672. The number of aromatic nitrogens is 3. The summed E-state index contributed by atoms with van der Waals surface area (Å²) in [6.07, 6.45) is 7.26. The van der Waals surface area contributed by atoms with E-state index in [2.05, 4.69) is 14.5 Å². The van der Waals surface area contributed by atoms with Crippen molar-refractivity contribution in [1.29, 1.82) is 0 Å². The van der Waals surface area contributed by atoms with Gasteiger partial charge in [0.2, 0.25) is 10.0 Å². The molecule has 0 saturated carbocycles. The Morgan fingerprint density at radius 3 is 2.89 bits per heavy atom. The van der Waals surface area contributed by atoms with Crippen LogP contribution in [0.25, 0.3) is 22.2 Å². The second-order valence-electron chi connectivity index (χ2n) is 6.99. The van der Waals surface area contributed by atoms with E-state index in [4.69, 9.17) is 4.74 Å². The highest BCUT2D eigenvalue weighted by molar-refractivity contribution is 7.89. The Balaban J connectivity index is 1.73. The Kier molecular flexibility index (Phi) is 4.71. The Bertz CT molecular complexity index is 1060. The first-order chi connectivity index (χ1) is 13.0. The van der Waals surface area contributed by atoms with Crippen LogP contribution in [0.1, 0.15) is 6.04 Å². The molecular weight excluding hydrogens is 364 g/mol. The lowest BCUT2D eigenvalue weighted by molar-refractivity contribution is 0.182. The molecule has 2 atom stereocenters. The molecule has 0 N–H and O–H groups in total. The molecule has 1 aliphatic heterocycles. The number of fused-ring (bicyclic) bond motifs is 1. The SMILES string of the molecule is CN(C)S(=O)(=O)C[C@@H]1COC[C@H]1n1ccnc1-c1cccc2cnccc12. The summed E-state index contributed by atoms with van der Waals surface area (Å²) in [4.78, 5) is 8.76. The zero-order valence-corrected chi connectivity index (χ0v) is 16.1. The standard InChI is InChI=1S/C19H22N4O3S/c1-22(2)27(24,25)13-15-11-26-12-18(15)23-9-8-21-19(23)17-5-3-4-14-10-20-7-6-16(14)17/h3-10,15,18H,11-13H2,1-2H3/t15-,18+/m0/s1. The van der Waals surface area contributed by atoms with Gasteiger partial charge in [-0.05, 0) is 11.5 Å². The third-order valence-corrected chi connectivity index (χ3v) is 7.06. The molecule has 2 aromatic heterocycles. The van der Waals surface area contributed by atoms with Gasteiger partial charge in [-0.1, -0.05) is 18.2 Å². The summed E-state index contributed by atoms with van der Waals surface area (Å²) >= 11 is 0. The second-order valence-corrected chi connectivity index (χ2v) is 9.21. The van der Waals surface area contributed by atoms with Gasteiger partial charge in [0.15, 0.2) is 0 Å². The number of hydrogen-bond acceptors (Lipinski definition) is 5. The molecule has 1 saturated heterocycles. The predicted molar refractivity (Wildman–Crippen MR) is 104 cm³/mol. The van der Waals surface area contributed by atoms with Crippen LogP contribution >= 0.6 is 0 Å². The van der Waals surface area contributed by atoms with E-state index in [0.29, 0.717) is 13.2 Å². The number of imidazole rings is 1. The van der Waals surface area contributed by atoms with E-state index in [1.54, 1.807) is 26.5 Å². The number of hydrogen-bond donors (Lipinski definition) is 0. The van der Waals surface area contributed by atoms with E-state index in [1.807, 2.05) is 36.7 Å².